The Labute approximate surface area is 117 Å². The Balaban J connectivity index is 1.69. The summed E-state index contributed by atoms with van der Waals surface area (Å²) in [5, 5.41) is 1.08. The molecule has 1 aliphatic carbocycles. The number of carbonyl (C=O) groups is 1. The molecule has 1 saturated carbocycles. The average Bonchev–Trinajstić information content (AvgIpc) is 2.98. The molecule has 2 fully saturated rings. The van der Waals surface area contributed by atoms with Crippen molar-refractivity contribution in [3.8, 4) is 0 Å². The van der Waals surface area contributed by atoms with Crippen LogP contribution >= 0.6 is 11.3 Å². The molecule has 5 nitrogen and oxygen atoms in total. The zero-order valence-electron chi connectivity index (χ0n) is 11.0. The lowest BCUT2D eigenvalue weighted by Crippen LogP contribution is -2.30. The van der Waals surface area contributed by atoms with Crippen LogP contribution in [-0.4, -0.2) is 35.4 Å². The van der Waals surface area contributed by atoms with Crippen LogP contribution in [0.25, 0.3) is 0 Å². The molecule has 2 heterocycles. The van der Waals surface area contributed by atoms with E-state index in [9.17, 15) is 4.79 Å². The summed E-state index contributed by atoms with van der Waals surface area (Å²) in [5.41, 5.74) is 3.21. The molecule has 19 heavy (non-hydrogen) atoms. The minimum Gasteiger partial charge on any atom is -0.303 e. The fraction of sp³-hybridized carbons (Fsp3) is 0.692. The number of nitrogens with one attached hydrogen (secondary N) is 1. The fourth-order valence-electron chi connectivity index (χ4n) is 2.61. The number of nitrogen functional groups attached to an aromatic ring is 1. The molecule has 0 spiro atoms. The predicted octanol–water partition coefficient (Wildman–Crippen LogP) is 1.26. The minimum absolute atomic E-state index is 0.188. The van der Waals surface area contributed by atoms with Gasteiger partial charge in [-0.15, -0.1) is 11.3 Å². The minimum atomic E-state index is -0.188. The molecule has 1 saturated heterocycles. The maximum atomic E-state index is 11.8. The summed E-state index contributed by atoms with van der Waals surface area (Å²) in [6, 6.07) is 0. The van der Waals surface area contributed by atoms with Crippen LogP contribution in [0.4, 0.5) is 0 Å². The van der Waals surface area contributed by atoms with Gasteiger partial charge in [-0.1, -0.05) is 0 Å². The monoisotopic (exact) mass is 280 g/mol. The molecule has 0 radical (unpaired) electrons. The highest BCUT2D eigenvalue weighted by Gasteiger charge is 2.31. The zero-order chi connectivity index (χ0) is 13.2. The molecule has 1 aromatic heterocycles. The van der Waals surface area contributed by atoms with Crippen molar-refractivity contribution in [3.63, 3.8) is 0 Å². The van der Waals surface area contributed by atoms with Gasteiger partial charge in [0.2, 0.25) is 0 Å². The second-order valence-corrected chi connectivity index (χ2v) is 6.45. The van der Waals surface area contributed by atoms with Gasteiger partial charge in [-0.3, -0.25) is 10.2 Å². The van der Waals surface area contributed by atoms with Gasteiger partial charge < -0.3 is 4.90 Å². The van der Waals surface area contributed by atoms with Gasteiger partial charge in [0.1, 0.15) is 4.88 Å². The molecule has 0 bridgehead atoms. The molecule has 3 N–H and O–H groups in total. The Morgan fingerprint density at radius 1 is 1.42 bits per heavy atom. The van der Waals surface area contributed by atoms with Crippen LogP contribution in [0.3, 0.4) is 0 Å². The number of hydrogen-bond donors (Lipinski definition) is 2. The van der Waals surface area contributed by atoms with E-state index in [1.165, 1.54) is 37.3 Å². The summed E-state index contributed by atoms with van der Waals surface area (Å²) in [4.78, 5) is 19.6. The van der Waals surface area contributed by atoms with Gasteiger partial charge in [-0.05, 0) is 38.8 Å². The first-order valence-electron chi connectivity index (χ1n) is 7.01. The van der Waals surface area contributed by atoms with E-state index in [1.807, 2.05) is 0 Å². The summed E-state index contributed by atoms with van der Waals surface area (Å²) >= 11 is 1.51. The van der Waals surface area contributed by atoms with Gasteiger partial charge in [0.25, 0.3) is 5.91 Å². The largest absolute Gasteiger partial charge is 0.303 e. The third-order valence-electron chi connectivity index (χ3n) is 3.84. The van der Waals surface area contributed by atoms with Gasteiger partial charge >= 0.3 is 0 Å². The Hall–Kier alpha value is -0.980. The third kappa shape index (κ3) is 2.96. The number of hydrazine groups is 1. The average molecular weight is 280 g/mol. The van der Waals surface area contributed by atoms with Crippen LogP contribution in [0, 0.1) is 0 Å². The first kappa shape index (κ1) is 13.0. The summed E-state index contributed by atoms with van der Waals surface area (Å²) < 4.78 is 0. The molecule has 1 aromatic rings. The van der Waals surface area contributed by atoms with E-state index < -0.39 is 0 Å². The third-order valence-corrected chi connectivity index (χ3v) is 4.97. The highest BCUT2D eigenvalue weighted by atomic mass is 32.1. The normalized spacial score (nSPS) is 19.8. The van der Waals surface area contributed by atoms with E-state index in [0.717, 1.165) is 41.4 Å². The number of likely N-dealkylation sites (tertiary alicyclic amines) is 1. The number of amides is 1. The van der Waals surface area contributed by atoms with Crippen LogP contribution in [0.5, 0.6) is 0 Å². The van der Waals surface area contributed by atoms with Crippen molar-refractivity contribution in [1.82, 2.24) is 15.3 Å². The summed E-state index contributed by atoms with van der Waals surface area (Å²) in [7, 11) is 0. The first-order chi connectivity index (χ1) is 9.28. The molecule has 3 rings (SSSR count). The van der Waals surface area contributed by atoms with E-state index in [2.05, 4.69) is 15.3 Å². The second-order valence-electron chi connectivity index (χ2n) is 5.37. The van der Waals surface area contributed by atoms with Gasteiger partial charge in [0.05, 0.1) is 10.7 Å². The number of thiazole rings is 1. The molecule has 1 aliphatic heterocycles. The van der Waals surface area contributed by atoms with E-state index in [-0.39, 0.29) is 5.91 Å². The molecule has 1 amide bonds. The van der Waals surface area contributed by atoms with Crippen LogP contribution in [0.2, 0.25) is 0 Å². The lowest BCUT2D eigenvalue weighted by molar-refractivity contribution is 0.0956. The second kappa shape index (κ2) is 5.56. The number of hydrogen-bond acceptors (Lipinski definition) is 5. The predicted molar refractivity (Wildman–Crippen MR) is 75.1 cm³/mol. The van der Waals surface area contributed by atoms with Crippen molar-refractivity contribution in [2.75, 3.05) is 19.6 Å². The Bertz CT molecular complexity index is 463. The summed E-state index contributed by atoms with van der Waals surface area (Å²) in [6.45, 7) is 3.47. The number of carbonyl (C=O) groups excluding carboxylic acids is 1. The molecular weight excluding hydrogens is 260 g/mol. The van der Waals surface area contributed by atoms with Crippen molar-refractivity contribution in [1.29, 1.82) is 0 Å². The summed E-state index contributed by atoms with van der Waals surface area (Å²) in [6.07, 6.45) is 5.88. The molecule has 0 aromatic carbocycles. The van der Waals surface area contributed by atoms with Crippen molar-refractivity contribution in [2.45, 2.75) is 38.0 Å². The number of rotatable bonds is 5. The van der Waals surface area contributed by atoms with Crippen LogP contribution in [0.1, 0.15) is 52.0 Å². The smallest absolute Gasteiger partial charge is 0.277 e. The summed E-state index contributed by atoms with van der Waals surface area (Å²) in [5.74, 6) is 5.55. The standard InChI is InChI=1S/C13H20N4OS/c14-16-13(18)12-11(9-3-4-9)15-10(19-12)5-8-17-6-1-2-7-17/h9H,1-8,14H2,(H,16,18). The van der Waals surface area contributed by atoms with Crippen LogP contribution in [-0.2, 0) is 6.42 Å². The van der Waals surface area contributed by atoms with Crippen molar-refractivity contribution in [3.05, 3.63) is 15.6 Å². The zero-order valence-corrected chi connectivity index (χ0v) is 11.8. The molecular formula is C13H20N4OS. The van der Waals surface area contributed by atoms with Crippen LogP contribution < -0.4 is 11.3 Å². The molecule has 0 unspecified atom stereocenters. The number of aromatic nitrogens is 1. The van der Waals surface area contributed by atoms with Crippen LogP contribution in [0.15, 0.2) is 0 Å². The Morgan fingerprint density at radius 3 is 2.79 bits per heavy atom. The highest BCUT2D eigenvalue weighted by molar-refractivity contribution is 7.13. The van der Waals surface area contributed by atoms with Gasteiger partial charge in [-0.25, -0.2) is 10.8 Å². The first-order valence-corrected chi connectivity index (χ1v) is 7.82. The highest BCUT2D eigenvalue weighted by Crippen LogP contribution is 2.42. The van der Waals surface area contributed by atoms with E-state index >= 15 is 0 Å². The molecule has 2 aliphatic rings. The van der Waals surface area contributed by atoms with Gasteiger partial charge in [0.15, 0.2) is 0 Å². The van der Waals surface area contributed by atoms with Gasteiger partial charge in [0, 0.05) is 18.9 Å². The van der Waals surface area contributed by atoms with Gasteiger partial charge in [-0.2, -0.15) is 0 Å². The van der Waals surface area contributed by atoms with Crippen molar-refractivity contribution in [2.24, 2.45) is 5.84 Å². The Morgan fingerprint density at radius 2 is 2.16 bits per heavy atom. The maximum absolute atomic E-state index is 11.8. The SMILES string of the molecule is NNC(=O)c1sc(CCN2CCCC2)nc1C1CC1. The van der Waals surface area contributed by atoms with E-state index in [4.69, 9.17) is 5.84 Å². The maximum Gasteiger partial charge on any atom is 0.277 e. The van der Waals surface area contributed by atoms with Crippen molar-refractivity contribution < 1.29 is 4.79 Å². The molecule has 0 atom stereocenters. The Kier molecular flexibility index (Phi) is 3.81. The van der Waals surface area contributed by atoms with E-state index in [1.54, 1.807) is 0 Å². The lowest BCUT2D eigenvalue weighted by atomic mass is 10.2. The quantitative estimate of drug-likeness (QED) is 0.484. The lowest BCUT2D eigenvalue weighted by Gasteiger charge is -2.12. The fourth-order valence-corrected chi connectivity index (χ4v) is 3.65. The van der Waals surface area contributed by atoms with Crippen molar-refractivity contribution >= 4 is 17.2 Å². The number of nitrogens with zero attached hydrogens (tertiary/aromatic N) is 2. The topological polar surface area (TPSA) is 71.2 Å². The molecule has 6 heteroatoms. The molecule has 104 valence electrons. The van der Waals surface area contributed by atoms with E-state index in [0.29, 0.717) is 5.92 Å². The number of nitrogens with two attached hydrogens (primary N) is 1.